The lowest BCUT2D eigenvalue weighted by atomic mass is 10.1. The highest BCUT2D eigenvalue weighted by Gasteiger charge is 2.01. The van der Waals surface area contributed by atoms with Gasteiger partial charge in [0.1, 0.15) is 11.6 Å². The van der Waals surface area contributed by atoms with Crippen LogP contribution in [0.2, 0.25) is 0 Å². The maximum atomic E-state index is 13.0. The Morgan fingerprint density at radius 3 is 2.35 bits per heavy atom. The zero-order valence-electron chi connectivity index (χ0n) is 11.8. The lowest BCUT2D eigenvalue weighted by Crippen LogP contribution is -2.17. The van der Waals surface area contributed by atoms with Gasteiger partial charge in [-0.2, -0.15) is 0 Å². The van der Waals surface area contributed by atoms with Crippen LogP contribution in [-0.2, 0) is 13.0 Å². The molecule has 0 aromatic heterocycles. The molecule has 1 nitrogen and oxygen atoms in total. The van der Waals surface area contributed by atoms with Crippen LogP contribution in [0.1, 0.15) is 22.3 Å². The van der Waals surface area contributed by atoms with Crippen molar-refractivity contribution in [2.75, 3.05) is 6.54 Å². The first-order valence-electron chi connectivity index (χ1n) is 6.76. The lowest BCUT2D eigenvalue weighted by molar-refractivity contribution is 0.577. The highest BCUT2D eigenvalue weighted by atomic mass is 19.1. The lowest BCUT2D eigenvalue weighted by Gasteiger charge is -2.09. The smallest absolute Gasteiger partial charge is 0.126 e. The van der Waals surface area contributed by atoms with Gasteiger partial charge >= 0.3 is 0 Å². The number of benzene rings is 2. The summed E-state index contributed by atoms with van der Waals surface area (Å²) in [6, 6.07) is 10.0. The summed E-state index contributed by atoms with van der Waals surface area (Å²) in [6.45, 7) is 5.61. The fraction of sp³-hybridized carbons (Fsp3) is 0.294. The first-order valence-corrected chi connectivity index (χ1v) is 6.76. The third-order valence-corrected chi connectivity index (χ3v) is 3.33. The first-order chi connectivity index (χ1) is 9.54. The SMILES string of the molecule is Cc1ccc(C)c(CNCCc2cc(F)cc(F)c2)c1. The minimum Gasteiger partial charge on any atom is -0.312 e. The summed E-state index contributed by atoms with van der Waals surface area (Å²) in [7, 11) is 0. The van der Waals surface area contributed by atoms with Crippen LogP contribution in [0.3, 0.4) is 0 Å². The number of aryl methyl sites for hydroxylation is 2. The summed E-state index contributed by atoms with van der Waals surface area (Å²) < 4.78 is 26.1. The van der Waals surface area contributed by atoms with Gasteiger partial charge in [0.2, 0.25) is 0 Å². The molecule has 0 heterocycles. The zero-order chi connectivity index (χ0) is 14.5. The molecular weight excluding hydrogens is 256 g/mol. The number of hydrogen-bond donors (Lipinski definition) is 1. The molecule has 0 saturated heterocycles. The van der Waals surface area contributed by atoms with Crippen molar-refractivity contribution in [2.24, 2.45) is 0 Å². The van der Waals surface area contributed by atoms with Gasteiger partial charge < -0.3 is 5.32 Å². The molecule has 20 heavy (non-hydrogen) atoms. The van der Waals surface area contributed by atoms with Crippen molar-refractivity contribution in [3.05, 3.63) is 70.3 Å². The van der Waals surface area contributed by atoms with Crippen LogP contribution in [0.4, 0.5) is 8.78 Å². The molecule has 2 aromatic carbocycles. The maximum absolute atomic E-state index is 13.0. The van der Waals surface area contributed by atoms with Gasteiger partial charge in [0.15, 0.2) is 0 Å². The Hall–Kier alpha value is -1.74. The van der Waals surface area contributed by atoms with E-state index in [9.17, 15) is 8.78 Å². The fourth-order valence-corrected chi connectivity index (χ4v) is 2.20. The predicted molar refractivity (Wildman–Crippen MR) is 77.7 cm³/mol. The summed E-state index contributed by atoms with van der Waals surface area (Å²) in [5, 5.41) is 3.31. The Morgan fingerprint density at radius 1 is 0.950 bits per heavy atom. The summed E-state index contributed by atoms with van der Waals surface area (Å²) in [5.41, 5.74) is 4.42. The van der Waals surface area contributed by atoms with Crippen LogP contribution < -0.4 is 5.32 Å². The first kappa shape index (κ1) is 14.7. The Bertz CT molecular complexity index is 573. The molecule has 0 unspecified atom stereocenters. The van der Waals surface area contributed by atoms with Crippen LogP contribution in [0.15, 0.2) is 36.4 Å². The summed E-state index contributed by atoms with van der Waals surface area (Å²) in [6.07, 6.45) is 0.611. The molecule has 0 aliphatic heterocycles. The summed E-state index contributed by atoms with van der Waals surface area (Å²) in [5.74, 6) is -1.04. The second-order valence-corrected chi connectivity index (χ2v) is 5.13. The Labute approximate surface area is 118 Å². The minimum absolute atomic E-state index is 0.519. The van der Waals surface area contributed by atoms with Crippen LogP contribution in [0, 0.1) is 25.5 Å². The largest absolute Gasteiger partial charge is 0.312 e. The van der Waals surface area contributed by atoms with E-state index in [1.54, 1.807) is 0 Å². The van der Waals surface area contributed by atoms with E-state index >= 15 is 0 Å². The average molecular weight is 275 g/mol. The van der Waals surface area contributed by atoms with Crippen molar-refractivity contribution in [1.82, 2.24) is 5.32 Å². The minimum atomic E-state index is -0.519. The Morgan fingerprint density at radius 2 is 1.65 bits per heavy atom. The highest BCUT2D eigenvalue weighted by molar-refractivity contribution is 5.30. The number of nitrogens with one attached hydrogen (secondary N) is 1. The van der Waals surface area contributed by atoms with Gasteiger partial charge in [-0.15, -0.1) is 0 Å². The van der Waals surface area contributed by atoms with Crippen molar-refractivity contribution >= 4 is 0 Å². The molecule has 0 fully saturated rings. The molecule has 1 N–H and O–H groups in total. The van der Waals surface area contributed by atoms with E-state index in [1.807, 2.05) is 0 Å². The average Bonchev–Trinajstić information content (AvgIpc) is 2.37. The van der Waals surface area contributed by atoms with Crippen LogP contribution in [0.5, 0.6) is 0 Å². The quantitative estimate of drug-likeness (QED) is 0.816. The second kappa shape index (κ2) is 6.62. The zero-order valence-corrected chi connectivity index (χ0v) is 11.8. The van der Waals surface area contributed by atoms with Gasteiger partial charge in [-0.1, -0.05) is 23.8 Å². The molecule has 0 radical (unpaired) electrons. The van der Waals surface area contributed by atoms with Crippen molar-refractivity contribution in [3.63, 3.8) is 0 Å². The van der Waals surface area contributed by atoms with Crippen molar-refractivity contribution in [1.29, 1.82) is 0 Å². The van der Waals surface area contributed by atoms with Gasteiger partial charge in [0, 0.05) is 12.6 Å². The molecule has 2 rings (SSSR count). The third-order valence-electron chi connectivity index (χ3n) is 3.33. The molecule has 0 atom stereocenters. The molecule has 2 aromatic rings. The van der Waals surface area contributed by atoms with Crippen LogP contribution >= 0.6 is 0 Å². The van der Waals surface area contributed by atoms with Gasteiger partial charge in [0.25, 0.3) is 0 Å². The van der Waals surface area contributed by atoms with Crippen LogP contribution in [-0.4, -0.2) is 6.54 Å². The molecule has 106 valence electrons. The molecule has 0 bridgehead atoms. The number of halogens is 2. The number of hydrogen-bond acceptors (Lipinski definition) is 1. The predicted octanol–water partition coefficient (Wildman–Crippen LogP) is 3.91. The van der Waals surface area contributed by atoms with Crippen LogP contribution in [0.25, 0.3) is 0 Å². The van der Waals surface area contributed by atoms with E-state index in [0.717, 1.165) is 12.6 Å². The molecule has 0 aliphatic carbocycles. The maximum Gasteiger partial charge on any atom is 0.126 e. The van der Waals surface area contributed by atoms with Gasteiger partial charge in [0.05, 0.1) is 0 Å². The Kier molecular flexibility index (Phi) is 4.85. The van der Waals surface area contributed by atoms with E-state index in [2.05, 4.69) is 37.4 Å². The van der Waals surface area contributed by atoms with Crippen molar-refractivity contribution in [3.8, 4) is 0 Å². The highest BCUT2D eigenvalue weighted by Crippen LogP contribution is 2.11. The number of rotatable bonds is 5. The topological polar surface area (TPSA) is 12.0 Å². The molecular formula is C17H19F2N. The molecule has 0 spiro atoms. The Balaban J connectivity index is 1.86. The van der Waals surface area contributed by atoms with E-state index < -0.39 is 11.6 Å². The van der Waals surface area contributed by atoms with E-state index in [4.69, 9.17) is 0 Å². The normalized spacial score (nSPS) is 10.8. The molecule has 0 amide bonds. The molecule has 0 saturated carbocycles. The fourth-order valence-electron chi connectivity index (χ4n) is 2.20. The molecule has 0 aliphatic rings. The van der Waals surface area contributed by atoms with E-state index in [1.165, 1.54) is 28.8 Å². The van der Waals surface area contributed by atoms with Crippen molar-refractivity contribution in [2.45, 2.75) is 26.8 Å². The summed E-state index contributed by atoms with van der Waals surface area (Å²) >= 11 is 0. The van der Waals surface area contributed by atoms with Crippen molar-refractivity contribution < 1.29 is 8.78 Å². The van der Waals surface area contributed by atoms with Gasteiger partial charge in [-0.05, 0) is 55.6 Å². The van der Waals surface area contributed by atoms with Gasteiger partial charge in [-0.25, -0.2) is 8.78 Å². The third kappa shape index (κ3) is 4.14. The van der Waals surface area contributed by atoms with E-state index in [-0.39, 0.29) is 0 Å². The second-order valence-electron chi connectivity index (χ2n) is 5.13. The molecule has 3 heteroatoms. The van der Waals surface area contributed by atoms with E-state index in [0.29, 0.717) is 18.5 Å². The standard InChI is InChI=1S/C17H19F2N/c1-12-3-4-13(2)15(7-12)11-20-6-5-14-8-16(18)10-17(19)9-14/h3-4,7-10,20H,5-6,11H2,1-2H3. The van der Waals surface area contributed by atoms with Gasteiger partial charge in [-0.3, -0.25) is 0 Å². The summed E-state index contributed by atoms with van der Waals surface area (Å²) in [4.78, 5) is 0. The monoisotopic (exact) mass is 275 g/mol.